The van der Waals surface area contributed by atoms with Crippen LogP contribution >= 0.6 is 0 Å². The molecule has 8 N–H and O–H groups in total. The minimum absolute atomic E-state index is 0.259. The Morgan fingerprint density at radius 3 is 1.53 bits per heavy atom. The number of benzene rings is 3. The predicted molar refractivity (Wildman–Crippen MR) is 233 cm³/mol. The van der Waals surface area contributed by atoms with Gasteiger partial charge in [-0.15, -0.1) is 0 Å². The lowest BCUT2D eigenvalue weighted by Gasteiger charge is -2.49. The van der Waals surface area contributed by atoms with Gasteiger partial charge in [-0.05, 0) is 35.9 Å². The summed E-state index contributed by atoms with van der Waals surface area (Å²) in [6, 6.07) is 27.2. The largest absolute Gasteiger partial charge is 0.378 e. The molecular formula is C40H48N12O8S2. The maximum Gasteiger partial charge on any atom is 0.288 e. The molecule has 8 rings (SSSR count). The van der Waals surface area contributed by atoms with E-state index in [9.17, 15) is 25.9 Å². The third-order valence-corrected chi connectivity index (χ3v) is 14.7. The first-order valence-electron chi connectivity index (χ1n) is 19.8. The van der Waals surface area contributed by atoms with Gasteiger partial charge in [-0.3, -0.25) is 20.0 Å². The highest BCUT2D eigenvalue weighted by Gasteiger charge is 2.64. The first kappa shape index (κ1) is 42.4. The molecule has 0 radical (unpaired) electrons. The summed E-state index contributed by atoms with van der Waals surface area (Å²) in [6.07, 6.45) is 7.97. The molecule has 328 valence electrons. The van der Waals surface area contributed by atoms with Crippen LogP contribution in [0.3, 0.4) is 0 Å². The van der Waals surface area contributed by atoms with E-state index in [4.69, 9.17) is 9.47 Å². The van der Waals surface area contributed by atoms with Crippen LogP contribution in [0.4, 0.5) is 11.4 Å². The van der Waals surface area contributed by atoms with Crippen LogP contribution < -0.4 is 32.6 Å². The van der Waals surface area contributed by atoms with Crippen molar-refractivity contribution < 1.29 is 35.4 Å². The van der Waals surface area contributed by atoms with Gasteiger partial charge in [-0.2, -0.15) is 48.3 Å². The molecule has 0 aromatic heterocycles. The molecule has 5 aliphatic rings. The molecule has 0 amide bonds. The number of hydrogen-bond acceptors (Lipinski definition) is 18. The minimum atomic E-state index is -5.69. The van der Waals surface area contributed by atoms with Crippen molar-refractivity contribution in [2.45, 2.75) is 16.2 Å². The molecule has 4 aliphatic heterocycles. The molecule has 22 heteroatoms. The van der Waals surface area contributed by atoms with E-state index >= 15 is 0 Å². The number of hydrazine groups is 4. The van der Waals surface area contributed by atoms with Crippen molar-refractivity contribution in [1.29, 1.82) is 0 Å². The number of morpholine rings is 2. The summed E-state index contributed by atoms with van der Waals surface area (Å²) in [4.78, 5) is 4.02. The zero-order valence-corrected chi connectivity index (χ0v) is 35.0. The minimum Gasteiger partial charge on any atom is -0.378 e. The molecule has 0 saturated carbocycles. The van der Waals surface area contributed by atoms with E-state index in [-0.39, 0.29) is 11.6 Å². The number of anilines is 2. The van der Waals surface area contributed by atoms with Crippen LogP contribution in [0, 0.1) is 5.92 Å². The fourth-order valence-electron chi connectivity index (χ4n) is 7.76. The number of hydrazone groups is 2. The van der Waals surface area contributed by atoms with E-state index in [1.165, 1.54) is 28.5 Å². The molecule has 1 atom stereocenters. The standard InChI is InChI=1S/C40H48N12O8S2/c53-61(54,55)40(62(56,57)58)30-39(19-18-32(40)17-16-31-10-4-1-5-11-31,43-37-35(49-20-24-59-25-21-49)28-41-47-51(37)45-33-12-6-2-7-13-33)44-38-36(50-22-26-60-27-23-50)29-42-48-52(38)46-34-14-8-3-9-15-34/h1-19,28-29,32,43-48H,20-27,30H2,(H,53,54,55)(H,56,57,58). The fraction of sp³-hybridized carbons (Fsp3) is 0.300. The molecule has 1 aliphatic carbocycles. The zero-order valence-electron chi connectivity index (χ0n) is 33.4. The third kappa shape index (κ3) is 9.00. The van der Waals surface area contributed by atoms with E-state index in [1.54, 1.807) is 48.8 Å². The molecule has 3 aromatic rings. The van der Waals surface area contributed by atoms with Crippen molar-refractivity contribution in [1.82, 2.24) is 41.7 Å². The second-order valence-corrected chi connectivity index (χ2v) is 18.4. The molecule has 4 heterocycles. The number of allylic oxidation sites excluding steroid dienone is 4. The van der Waals surface area contributed by atoms with Crippen molar-refractivity contribution in [3.05, 3.63) is 138 Å². The Bertz CT molecular complexity index is 2330. The van der Waals surface area contributed by atoms with Crippen molar-refractivity contribution >= 4 is 50.1 Å². The highest BCUT2D eigenvalue weighted by molar-refractivity contribution is 8.05. The summed E-state index contributed by atoms with van der Waals surface area (Å²) in [5.74, 6) is -1.08. The van der Waals surface area contributed by atoms with Gasteiger partial charge in [0.15, 0.2) is 11.6 Å². The van der Waals surface area contributed by atoms with Crippen LogP contribution in [-0.4, -0.2) is 121 Å². The average Bonchev–Trinajstić information content (AvgIpc) is 3.28. The Morgan fingerprint density at radius 2 is 1.10 bits per heavy atom. The van der Waals surface area contributed by atoms with Crippen molar-refractivity contribution in [3.8, 4) is 0 Å². The zero-order chi connectivity index (χ0) is 43.2. The third-order valence-electron chi connectivity index (χ3n) is 10.8. The summed E-state index contributed by atoms with van der Waals surface area (Å²) in [6.45, 7) is 3.42. The number of nitrogens with one attached hydrogen (secondary N) is 6. The maximum atomic E-state index is 14.0. The molecule has 1 unspecified atom stereocenters. The lowest BCUT2D eigenvalue weighted by Crippen LogP contribution is -2.69. The summed E-state index contributed by atoms with van der Waals surface area (Å²) >= 11 is 0. The van der Waals surface area contributed by atoms with Gasteiger partial charge >= 0.3 is 0 Å². The van der Waals surface area contributed by atoms with Crippen molar-refractivity contribution in [2.24, 2.45) is 16.1 Å². The monoisotopic (exact) mass is 888 g/mol. The second-order valence-electron chi connectivity index (χ2n) is 14.8. The van der Waals surface area contributed by atoms with Crippen LogP contribution in [0.15, 0.2) is 142 Å². The first-order valence-corrected chi connectivity index (χ1v) is 22.7. The Labute approximate surface area is 359 Å². The lowest BCUT2D eigenvalue weighted by molar-refractivity contribution is 0.0522. The molecule has 3 aromatic carbocycles. The Morgan fingerprint density at radius 1 is 0.661 bits per heavy atom. The van der Waals surface area contributed by atoms with Gasteiger partial charge < -0.3 is 29.9 Å². The highest BCUT2D eigenvalue weighted by Crippen LogP contribution is 2.45. The van der Waals surface area contributed by atoms with Crippen LogP contribution in [0.5, 0.6) is 0 Å². The molecule has 2 saturated heterocycles. The number of hydrogen-bond donors (Lipinski definition) is 8. The van der Waals surface area contributed by atoms with Crippen LogP contribution in [0.25, 0.3) is 6.08 Å². The topological polar surface area (TPSA) is 237 Å². The Kier molecular flexibility index (Phi) is 12.3. The SMILES string of the molecule is O=S(=O)(O)C1(S(=O)(=O)O)CC(NC2=C(N3CCOCC3)C=NNN2Nc2ccccc2)(NC2=C(N3CCOCC3)C=NNN2Nc2ccccc2)C=CC1C=Cc1ccccc1. The lowest BCUT2D eigenvalue weighted by atomic mass is 9.86. The van der Waals surface area contributed by atoms with Crippen LogP contribution in [-0.2, 0) is 29.7 Å². The van der Waals surface area contributed by atoms with Gasteiger partial charge in [-0.25, -0.2) is 0 Å². The van der Waals surface area contributed by atoms with Gasteiger partial charge in [-0.1, -0.05) is 85.0 Å². The van der Waals surface area contributed by atoms with E-state index in [0.717, 1.165) is 0 Å². The van der Waals surface area contributed by atoms with Gasteiger partial charge in [0.05, 0.1) is 50.2 Å². The van der Waals surface area contributed by atoms with Crippen molar-refractivity contribution in [3.63, 3.8) is 0 Å². The Hall–Kier alpha value is -6.30. The van der Waals surface area contributed by atoms with Gasteiger partial charge in [0, 0.05) is 38.5 Å². The number of nitrogens with zero attached hydrogens (tertiary/aromatic N) is 6. The maximum absolute atomic E-state index is 14.0. The predicted octanol–water partition coefficient (Wildman–Crippen LogP) is 2.29. The summed E-state index contributed by atoms with van der Waals surface area (Å²) in [5, 5.41) is 18.7. The quantitative estimate of drug-likeness (QED) is 0.0659. The van der Waals surface area contributed by atoms with E-state index < -0.39 is 42.3 Å². The average molecular weight is 889 g/mol. The Balaban J connectivity index is 1.34. The van der Waals surface area contributed by atoms with E-state index in [2.05, 4.69) is 42.8 Å². The first-order chi connectivity index (χ1) is 29.9. The number of ether oxygens (including phenoxy) is 2. The molecule has 20 nitrogen and oxygen atoms in total. The summed E-state index contributed by atoms with van der Waals surface area (Å²) in [5.41, 5.74) is 13.4. The van der Waals surface area contributed by atoms with Gasteiger partial charge in [0.1, 0.15) is 17.1 Å². The summed E-state index contributed by atoms with van der Waals surface area (Å²) < 4.78 is 86.6. The van der Waals surface area contributed by atoms with E-state index in [0.29, 0.717) is 80.9 Å². The fourth-order valence-corrected chi connectivity index (χ4v) is 10.6. The summed E-state index contributed by atoms with van der Waals surface area (Å²) in [7, 11) is -11.4. The smallest absolute Gasteiger partial charge is 0.288 e. The molecule has 0 spiro atoms. The number of para-hydroxylation sites is 2. The molecule has 62 heavy (non-hydrogen) atoms. The number of rotatable bonds is 14. The van der Waals surface area contributed by atoms with Crippen LogP contribution in [0.2, 0.25) is 0 Å². The second kappa shape index (κ2) is 18.0. The van der Waals surface area contributed by atoms with E-state index in [1.807, 2.05) is 70.5 Å². The van der Waals surface area contributed by atoms with Gasteiger partial charge in [0.25, 0.3) is 20.2 Å². The molecular weight excluding hydrogens is 841 g/mol. The molecule has 2 fully saturated rings. The van der Waals surface area contributed by atoms with Gasteiger partial charge in [0.2, 0.25) is 4.08 Å². The normalized spacial score (nSPS) is 21.4. The highest BCUT2D eigenvalue weighted by atomic mass is 32.3. The molecule has 0 bridgehead atoms. The van der Waals surface area contributed by atoms with Crippen molar-refractivity contribution in [2.75, 3.05) is 63.5 Å². The van der Waals surface area contributed by atoms with Crippen LogP contribution in [0.1, 0.15) is 12.0 Å².